The van der Waals surface area contributed by atoms with Gasteiger partial charge in [-0.05, 0) is 55.8 Å². The van der Waals surface area contributed by atoms with E-state index in [1.165, 1.54) is 29.2 Å². The summed E-state index contributed by atoms with van der Waals surface area (Å²) >= 11 is 1.46. The van der Waals surface area contributed by atoms with E-state index >= 15 is 0 Å². The Kier molecular flexibility index (Phi) is 5.96. The Morgan fingerprint density at radius 1 is 1.08 bits per heavy atom. The van der Waals surface area contributed by atoms with Crippen LogP contribution >= 0.6 is 11.3 Å². The average molecular weight is 368 g/mol. The summed E-state index contributed by atoms with van der Waals surface area (Å²) in [4.78, 5) is 6.76. The fraction of sp³-hybridized carbons (Fsp3) is 0.200. The maximum Gasteiger partial charge on any atom is 0.203 e. The van der Waals surface area contributed by atoms with Crippen LogP contribution in [-0.2, 0) is 0 Å². The predicted molar refractivity (Wildman–Crippen MR) is 109 cm³/mol. The molecule has 26 heavy (non-hydrogen) atoms. The topological polar surface area (TPSA) is 40.5 Å². The highest BCUT2D eigenvalue weighted by molar-refractivity contribution is 7.14. The van der Waals surface area contributed by atoms with E-state index in [0.717, 1.165) is 29.9 Å². The second-order valence-corrected chi connectivity index (χ2v) is 6.54. The van der Waals surface area contributed by atoms with Gasteiger partial charge in [-0.25, -0.2) is 9.37 Å². The molecule has 0 aliphatic heterocycles. The zero-order valence-corrected chi connectivity index (χ0v) is 15.6. The number of benzene rings is 2. The smallest absolute Gasteiger partial charge is 0.203 e. The fourth-order valence-corrected chi connectivity index (χ4v) is 3.27. The van der Waals surface area contributed by atoms with Crippen molar-refractivity contribution < 1.29 is 4.39 Å². The van der Waals surface area contributed by atoms with Crippen molar-refractivity contribution in [3.8, 4) is 11.3 Å². The lowest BCUT2D eigenvalue weighted by Gasteiger charge is -2.20. The monoisotopic (exact) mass is 368 g/mol. The summed E-state index contributed by atoms with van der Waals surface area (Å²) < 4.78 is 13.0. The van der Waals surface area contributed by atoms with E-state index in [4.69, 9.17) is 0 Å². The lowest BCUT2D eigenvalue weighted by Crippen LogP contribution is -2.21. The van der Waals surface area contributed by atoms with Gasteiger partial charge in [0.25, 0.3) is 0 Å². The minimum Gasteiger partial charge on any atom is -0.372 e. The molecule has 3 aromatic rings. The second kappa shape index (κ2) is 8.58. The first-order valence-electron chi connectivity index (χ1n) is 8.55. The lowest BCUT2D eigenvalue weighted by atomic mass is 10.2. The highest BCUT2D eigenvalue weighted by Gasteiger charge is 2.04. The molecule has 0 aliphatic rings. The number of halogens is 1. The van der Waals surface area contributed by atoms with Gasteiger partial charge in [0.2, 0.25) is 5.13 Å². The van der Waals surface area contributed by atoms with Crippen molar-refractivity contribution in [3.63, 3.8) is 0 Å². The first-order valence-corrected chi connectivity index (χ1v) is 9.43. The largest absolute Gasteiger partial charge is 0.372 e. The summed E-state index contributed by atoms with van der Waals surface area (Å²) in [6, 6.07) is 14.6. The minimum atomic E-state index is -0.251. The Morgan fingerprint density at radius 2 is 1.77 bits per heavy atom. The van der Waals surface area contributed by atoms with Gasteiger partial charge in [0.15, 0.2) is 0 Å². The Balaban J connectivity index is 1.61. The Morgan fingerprint density at radius 3 is 2.42 bits per heavy atom. The molecule has 1 heterocycles. The number of anilines is 2. The number of nitrogens with one attached hydrogen (secondary N) is 1. The van der Waals surface area contributed by atoms with E-state index in [1.54, 1.807) is 18.3 Å². The third-order valence-corrected chi connectivity index (χ3v) is 4.79. The normalized spacial score (nSPS) is 11.0. The summed E-state index contributed by atoms with van der Waals surface area (Å²) in [5.41, 5.74) is 6.86. The van der Waals surface area contributed by atoms with E-state index < -0.39 is 0 Å². The summed E-state index contributed by atoms with van der Waals surface area (Å²) in [7, 11) is 0. The quantitative estimate of drug-likeness (QED) is 0.458. The lowest BCUT2D eigenvalue weighted by molar-refractivity contribution is 0.628. The third-order valence-electron chi connectivity index (χ3n) is 4.04. The van der Waals surface area contributed by atoms with Crippen LogP contribution in [0.5, 0.6) is 0 Å². The molecule has 134 valence electrons. The van der Waals surface area contributed by atoms with Crippen molar-refractivity contribution >= 4 is 28.4 Å². The molecule has 0 unspecified atom stereocenters. The molecular formula is C20H21FN4S. The van der Waals surface area contributed by atoms with Gasteiger partial charge >= 0.3 is 0 Å². The van der Waals surface area contributed by atoms with Crippen molar-refractivity contribution in [1.82, 2.24) is 4.98 Å². The number of aromatic nitrogens is 1. The summed E-state index contributed by atoms with van der Waals surface area (Å²) in [5.74, 6) is -0.251. The molecule has 1 aromatic heterocycles. The van der Waals surface area contributed by atoms with Crippen LogP contribution in [0, 0.1) is 5.82 Å². The van der Waals surface area contributed by atoms with Crippen LogP contribution in [0.4, 0.5) is 15.2 Å². The summed E-state index contributed by atoms with van der Waals surface area (Å²) in [6.07, 6.45) is 1.77. The Labute approximate surface area is 157 Å². The molecule has 3 rings (SSSR count). The molecule has 0 saturated carbocycles. The van der Waals surface area contributed by atoms with Crippen molar-refractivity contribution in [2.24, 2.45) is 5.10 Å². The maximum absolute atomic E-state index is 13.0. The zero-order chi connectivity index (χ0) is 18.4. The zero-order valence-electron chi connectivity index (χ0n) is 14.8. The molecule has 0 aliphatic carbocycles. The van der Waals surface area contributed by atoms with Crippen molar-refractivity contribution in [3.05, 3.63) is 65.3 Å². The maximum atomic E-state index is 13.0. The number of hydrogen-bond acceptors (Lipinski definition) is 5. The van der Waals surface area contributed by atoms with Gasteiger partial charge in [0.1, 0.15) is 5.82 Å². The van der Waals surface area contributed by atoms with Crippen molar-refractivity contribution in [1.29, 1.82) is 0 Å². The molecule has 0 saturated heterocycles. The molecule has 0 amide bonds. The number of nitrogens with zero attached hydrogens (tertiary/aromatic N) is 3. The standard InChI is InChI=1S/C20H21FN4S/c1-3-25(4-2)18-11-5-15(6-12-18)13-22-24-20-23-19(14-26-20)16-7-9-17(21)10-8-16/h5-14H,3-4H2,1-2H3,(H,23,24). The van der Waals surface area contributed by atoms with Gasteiger partial charge in [-0.15, -0.1) is 11.3 Å². The number of rotatable bonds is 7. The summed E-state index contributed by atoms with van der Waals surface area (Å²) in [6.45, 7) is 6.28. The molecule has 2 aromatic carbocycles. The van der Waals surface area contributed by atoms with Crippen molar-refractivity contribution in [2.45, 2.75) is 13.8 Å². The number of hydrazone groups is 1. The molecular weight excluding hydrogens is 347 g/mol. The molecule has 0 spiro atoms. The van der Waals surface area contributed by atoms with E-state index in [-0.39, 0.29) is 5.82 Å². The van der Waals surface area contributed by atoms with Crippen LogP contribution in [0.15, 0.2) is 59.0 Å². The van der Waals surface area contributed by atoms with Gasteiger partial charge in [-0.3, -0.25) is 5.43 Å². The number of hydrogen-bond donors (Lipinski definition) is 1. The van der Waals surface area contributed by atoms with Gasteiger partial charge < -0.3 is 4.90 Å². The van der Waals surface area contributed by atoms with Gasteiger partial charge in [0.05, 0.1) is 11.9 Å². The van der Waals surface area contributed by atoms with E-state index in [1.807, 2.05) is 17.5 Å². The average Bonchev–Trinajstić information content (AvgIpc) is 3.13. The van der Waals surface area contributed by atoms with Gasteiger partial charge in [-0.1, -0.05) is 12.1 Å². The first-order chi connectivity index (χ1) is 12.7. The third kappa shape index (κ3) is 4.46. The van der Waals surface area contributed by atoms with Crippen LogP contribution in [0.2, 0.25) is 0 Å². The van der Waals surface area contributed by atoms with Crippen LogP contribution in [-0.4, -0.2) is 24.3 Å². The second-order valence-electron chi connectivity index (χ2n) is 5.68. The molecule has 0 radical (unpaired) electrons. The van der Waals surface area contributed by atoms with Crippen LogP contribution < -0.4 is 10.3 Å². The van der Waals surface area contributed by atoms with E-state index in [0.29, 0.717) is 5.13 Å². The van der Waals surface area contributed by atoms with Crippen LogP contribution in [0.1, 0.15) is 19.4 Å². The van der Waals surface area contributed by atoms with Crippen molar-refractivity contribution in [2.75, 3.05) is 23.4 Å². The molecule has 0 atom stereocenters. The number of thiazole rings is 1. The molecule has 6 heteroatoms. The highest BCUT2D eigenvalue weighted by Crippen LogP contribution is 2.25. The highest BCUT2D eigenvalue weighted by atomic mass is 32.1. The molecule has 1 N–H and O–H groups in total. The summed E-state index contributed by atoms with van der Waals surface area (Å²) in [5, 5.41) is 6.86. The Hall–Kier alpha value is -2.73. The SMILES string of the molecule is CCN(CC)c1ccc(C=NNc2nc(-c3ccc(F)cc3)cs2)cc1. The molecule has 0 fully saturated rings. The molecule has 4 nitrogen and oxygen atoms in total. The van der Waals surface area contributed by atoms with Crippen LogP contribution in [0.25, 0.3) is 11.3 Å². The fourth-order valence-electron chi connectivity index (χ4n) is 2.60. The van der Waals surface area contributed by atoms with Crippen LogP contribution in [0.3, 0.4) is 0 Å². The Bertz CT molecular complexity index is 852. The van der Waals surface area contributed by atoms with E-state index in [2.05, 4.69) is 46.4 Å². The minimum absolute atomic E-state index is 0.251. The molecule has 0 bridgehead atoms. The van der Waals surface area contributed by atoms with E-state index in [9.17, 15) is 4.39 Å². The van der Waals surface area contributed by atoms with Gasteiger partial charge in [0, 0.05) is 29.7 Å². The first kappa shape index (κ1) is 18.1. The van der Waals surface area contributed by atoms with Gasteiger partial charge in [-0.2, -0.15) is 5.10 Å². The predicted octanol–water partition coefficient (Wildman–Crippen LogP) is 5.24.